The topological polar surface area (TPSA) is 55.9 Å². The second-order valence-electron chi connectivity index (χ2n) is 4.73. The second kappa shape index (κ2) is 6.19. The first-order chi connectivity index (χ1) is 9.11. The molecular formula is C14H19ClN4. The molecule has 0 amide bonds. The van der Waals surface area contributed by atoms with E-state index in [1.54, 1.807) is 0 Å². The van der Waals surface area contributed by atoms with Gasteiger partial charge < -0.3 is 0 Å². The lowest BCUT2D eigenvalue weighted by molar-refractivity contribution is 0.514. The largest absolute Gasteiger partial charge is 0.276 e. The van der Waals surface area contributed by atoms with Crippen molar-refractivity contribution in [2.75, 3.05) is 0 Å². The Hall–Kier alpha value is -1.36. The van der Waals surface area contributed by atoms with Crippen LogP contribution in [-0.2, 0) is 13.5 Å². The van der Waals surface area contributed by atoms with Crippen molar-refractivity contribution < 1.29 is 0 Å². The summed E-state index contributed by atoms with van der Waals surface area (Å²) in [5.41, 5.74) is 6.32. The Morgan fingerprint density at radius 2 is 2.26 bits per heavy atom. The Morgan fingerprint density at radius 1 is 1.47 bits per heavy atom. The Balaban J connectivity index is 2.09. The molecule has 5 heteroatoms. The van der Waals surface area contributed by atoms with Crippen LogP contribution >= 0.6 is 11.6 Å². The number of rotatable bonds is 5. The van der Waals surface area contributed by atoms with E-state index >= 15 is 0 Å². The van der Waals surface area contributed by atoms with Crippen LogP contribution in [0.1, 0.15) is 29.2 Å². The first kappa shape index (κ1) is 14.1. The van der Waals surface area contributed by atoms with Crippen LogP contribution in [0.15, 0.2) is 30.6 Å². The Morgan fingerprint density at radius 3 is 2.89 bits per heavy atom. The summed E-state index contributed by atoms with van der Waals surface area (Å²) in [6, 6.07) is 6.02. The highest BCUT2D eigenvalue weighted by molar-refractivity contribution is 6.31. The number of benzene rings is 1. The molecule has 2 rings (SSSR count). The molecule has 1 aromatic carbocycles. The fourth-order valence-electron chi connectivity index (χ4n) is 2.24. The van der Waals surface area contributed by atoms with Gasteiger partial charge in [-0.3, -0.25) is 16.0 Å². The standard InChI is InChI=1S/C14H19ClN4/c1-10-12(4-3-5-13(10)15)14(18-16)7-6-11-8-17-19(2)9-11/h3-5,8-9,14,18H,6-7,16H2,1-2H3. The van der Waals surface area contributed by atoms with Gasteiger partial charge in [-0.1, -0.05) is 23.7 Å². The Bertz CT molecular complexity index is 550. The second-order valence-corrected chi connectivity index (χ2v) is 5.14. The normalized spacial score (nSPS) is 12.6. The van der Waals surface area contributed by atoms with Gasteiger partial charge in [0.05, 0.1) is 6.20 Å². The number of aryl methyl sites for hydroxylation is 2. The number of hydrazine groups is 1. The number of halogens is 1. The molecule has 1 aromatic heterocycles. The summed E-state index contributed by atoms with van der Waals surface area (Å²) in [5.74, 6) is 5.68. The fraction of sp³-hybridized carbons (Fsp3) is 0.357. The number of aromatic nitrogens is 2. The first-order valence-electron chi connectivity index (χ1n) is 6.30. The van der Waals surface area contributed by atoms with Crippen LogP contribution in [0.4, 0.5) is 0 Å². The molecule has 2 aromatic rings. The van der Waals surface area contributed by atoms with Crippen molar-refractivity contribution >= 4 is 11.6 Å². The van der Waals surface area contributed by atoms with Crippen LogP contribution in [-0.4, -0.2) is 9.78 Å². The van der Waals surface area contributed by atoms with E-state index < -0.39 is 0 Å². The minimum Gasteiger partial charge on any atom is -0.276 e. The molecule has 0 saturated heterocycles. The van der Waals surface area contributed by atoms with E-state index in [4.69, 9.17) is 17.4 Å². The van der Waals surface area contributed by atoms with Gasteiger partial charge in [-0.25, -0.2) is 0 Å². The minimum atomic E-state index is 0.0962. The van der Waals surface area contributed by atoms with Crippen LogP contribution in [0.2, 0.25) is 5.02 Å². The third-order valence-electron chi connectivity index (χ3n) is 3.37. The molecule has 102 valence electrons. The molecule has 3 N–H and O–H groups in total. The summed E-state index contributed by atoms with van der Waals surface area (Å²) in [5, 5.41) is 4.95. The van der Waals surface area contributed by atoms with Crippen LogP contribution < -0.4 is 11.3 Å². The number of nitrogens with two attached hydrogens (primary N) is 1. The van der Waals surface area contributed by atoms with E-state index in [0.29, 0.717) is 0 Å². The predicted molar refractivity (Wildman–Crippen MR) is 77.8 cm³/mol. The van der Waals surface area contributed by atoms with E-state index in [2.05, 4.69) is 16.6 Å². The number of nitrogens with zero attached hydrogens (tertiary/aromatic N) is 2. The van der Waals surface area contributed by atoms with Gasteiger partial charge in [0.15, 0.2) is 0 Å². The average Bonchev–Trinajstić information content (AvgIpc) is 2.81. The lowest BCUT2D eigenvalue weighted by Crippen LogP contribution is -2.29. The quantitative estimate of drug-likeness (QED) is 0.653. The summed E-state index contributed by atoms with van der Waals surface area (Å²) < 4.78 is 1.81. The first-order valence-corrected chi connectivity index (χ1v) is 6.68. The molecule has 0 radical (unpaired) electrons. The maximum atomic E-state index is 6.15. The monoisotopic (exact) mass is 278 g/mol. The molecule has 1 heterocycles. The molecule has 19 heavy (non-hydrogen) atoms. The molecule has 0 aliphatic carbocycles. The van der Waals surface area contributed by atoms with Gasteiger partial charge in [0.2, 0.25) is 0 Å². The molecule has 0 saturated carbocycles. The maximum Gasteiger partial charge on any atom is 0.0521 e. The van der Waals surface area contributed by atoms with Crippen molar-refractivity contribution in [2.45, 2.75) is 25.8 Å². The van der Waals surface area contributed by atoms with Gasteiger partial charge in [-0.15, -0.1) is 0 Å². The molecular weight excluding hydrogens is 260 g/mol. The van der Waals surface area contributed by atoms with Crippen LogP contribution in [0.3, 0.4) is 0 Å². The summed E-state index contributed by atoms with van der Waals surface area (Å²) in [6.45, 7) is 2.02. The number of hydrogen-bond acceptors (Lipinski definition) is 3. The molecule has 0 fully saturated rings. The zero-order valence-corrected chi connectivity index (χ0v) is 12.0. The molecule has 4 nitrogen and oxygen atoms in total. The maximum absolute atomic E-state index is 6.15. The average molecular weight is 279 g/mol. The predicted octanol–water partition coefficient (Wildman–Crippen LogP) is 2.52. The lowest BCUT2D eigenvalue weighted by atomic mass is 9.97. The van der Waals surface area contributed by atoms with Crippen molar-refractivity contribution in [3.05, 3.63) is 52.3 Å². The van der Waals surface area contributed by atoms with Crippen molar-refractivity contribution in [3.63, 3.8) is 0 Å². The summed E-state index contributed by atoms with van der Waals surface area (Å²) in [6.07, 6.45) is 5.74. The zero-order valence-electron chi connectivity index (χ0n) is 11.2. The summed E-state index contributed by atoms with van der Waals surface area (Å²) in [7, 11) is 1.92. The SMILES string of the molecule is Cc1c(Cl)cccc1C(CCc1cnn(C)c1)NN. The van der Waals surface area contributed by atoms with Gasteiger partial charge in [0, 0.05) is 24.3 Å². The fourth-order valence-corrected chi connectivity index (χ4v) is 2.42. The van der Waals surface area contributed by atoms with Crippen LogP contribution in [0, 0.1) is 6.92 Å². The molecule has 1 atom stereocenters. The van der Waals surface area contributed by atoms with E-state index in [0.717, 1.165) is 29.0 Å². The van der Waals surface area contributed by atoms with Crippen LogP contribution in [0.5, 0.6) is 0 Å². The zero-order chi connectivity index (χ0) is 13.8. The highest BCUT2D eigenvalue weighted by Crippen LogP contribution is 2.26. The molecule has 0 bridgehead atoms. The third kappa shape index (κ3) is 3.35. The minimum absolute atomic E-state index is 0.0962. The Labute approximate surface area is 118 Å². The van der Waals surface area contributed by atoms with E-state index in [1.165, 1.54) is 5.56 Å². The van der Waals surface area contributed by atoms with E-state index in [9.17, 15) is 0 Å². The van der Waals surface area contributed by atoms with Crippen LogP contribution in [0.25, 0.3) is 0 Å². The Kier molecular flexibility index (Phi) is 4.58. The third-order valence-corrected chi connectivity index (χ3v) is 3.78. The molecule has 1 unspecified atom stereocenters. The highest BCUT2D eigenvalue weighted by atomic mass is 35.5. The molecule has 0 aliphatic heterocycles. The number of hydrogen-bond donors (Lipinski definition) is 2. The van der Waals surface area contributed by atoms with Gasteiger partial charge in [-0.05, 0) is 42.5 Å². The smallest absolute Gasteiger partial charge is 0.0521 e. The molecule has 0 aliphatic rings. The van der Waals surface area contributed by atoms with Crippen molar-refractivity contribution in [3.8, 4) is 0 Å². The van der Waals surface area contributed by atoms with Gasteiger partial charge in [0.25, 0.3) is 0 Å². The molecule has 0 spiro atoms. The van der Waals surface area contributed by atoms with E-state index in [1.807, 2.05) is 43.2 Å². The van der Waals surface area contributed by atoms with Crippen molar-refractivity contribution in [2.24, 2.45) is 12.9 Å². The van der Waals surface area contributed by atoms with Crippen molar-refractivity contribution in [1.29, 1.82) is 0 Å². The number of nitrogens with one attached hydrogen (secondary N) is 1. The van der Waals surface area contributed by atoms with Gasteiger partial charge >= 0.3 is 0 Å². The summed E-state index contributed by atoms with van der Waals surface area (Å²) >= 11 is 6.15. The van der Waals surface area contributed by atoms with Gasteiger partial charge in [-0.2, -0.15) is 5.10 Å². The summed E-state index contributed by atoms with van der Waals surface area (Å²) in [4.78, 5) is 0. The van der Waals surface area contributed by atoms with Gasteiger partial charge in [0.1, 0.15) is 0 Å². The highest BCUT2D eigenvalue weighted by Gasteiger charge is 2.14. The van der Waals surface area contributed by atoms with E-state index in [-0.39, 0.29) is 6.04 Å². The van der Waals surface area contributed by atoms with Crippen molar-refractivity contribution in [1.82, 2.24) is 15.2 Å². The lowest BCUT2D eigenvalue weighted by Gasteiger charge is -2.18.